The number of pyridine rings is 1. The molecule has 0 saturated carbocycles. The van der Waals surface area contributed by atoms with Gasteiger partial charge in [0.15, 0.2) is 0 Å². The molecule has 0 aliphatic carbocycles. The first-order chi connectivity index (χ1) is 13.6. The van der Waals surface area contributed by atoms with E-state index in [4.69, 9.17) is 0 Å². The van der Waals surface area contributed by atoms with E-state index in [9.17, 15) is 14.0 Å². The average Bonchev–Trinajstić information content (AvgIpc) is 2.71. The van der Waals surface area contributed by atoms with Crippen molar-refractivity contribution in [1.29, 1.82) is 0 Å². The number of nitrogens with one attached hydrogen (secondary N) is 2. The van der Waals surface area contributed by atoms with Gasteiger partial charge in [0.25, 0.3) is 0 Å². The summed E-state index contributed by atoms with van der Waals surface area (Å²) in [5.41, 5.74) is 1.28. The monoisotopic (exact) mass is 395 g/mol. The fourth-order valence-electron chi connectivity index (χ4n) is 3.10. The number of benzene rings is 2. The Morgan fingerprint density at radius 2 is 1.93 bits per heavy atom. The van der Waals surface area contributed by atoms with Crippen LogP contribution in [0.3, 0.4) is 0 Å². The molecule has 5 nitrogen and oxygen atoms in total. The number of thioether (sulfide) groups is 1. The zero-order valence-electron chi connectivity index (χ0n) is 14.9. The molecule has 1 aromatic heterocycles. The van der Waals surface area contributed by atoms with Crippen molar-refractivity contribution in [2.45, 2.75) is 17.7 Å². The third-order valence-corrected chi connectivity index (χ3v) is 5.91. The lowest BCUT2D eigenvalue weighted by Gasteiger charge is -2.28. The number of halogens is 1. The number of carbonyl (C=O) groups excluding carboxylic acids is 2. The normalized spacial score (nSPS) is 19.2. The molecular formula is C21H18FN3O2S. The highest BCUT2D eigenvalue weighted by Crippen LogP contribution is 2.24. The summed E-state index contributed by atoms with van der Waals surface area (Å²) in [6, 6.07) is 17.0. The van der Waals surface area contributed by atoms with Crippen LogP contribution in [0.2, 0.25) is 0 Å². The number of hydrogen-bond acceptors (Lipinski definition) is 4. The van der Waals surface area contributed by atoms with Crippen molar-refractivity contribution >= 4 is 40.3 Å². The van der Waals surface area contributed by atoms with E-state index in [1.54, 1.807) is 24.3 Å². The van der Waals surface area contributed by atoms with Gasteiger partial charge in [-0.15, -0.1) is 11.8 Å². The van der Waals surface area contributed by atoms with Crippen LogP contribution < -0.4 is 10.6 Å². The Morgan fingerprint density at radius 3 is 2.75 bits per heavy atom. The summed E-state index contributed by atoms with van der Waals surface area (Å²) >= 11 is 1.36. The molecule has 0 spiro atoms. The second-order valence-corrected chi connectivity index (χ2v) is 7.79. The molecule has 0 bridgehead atoms. The van der Waals surface area contributed by atoms with E-state index in [1.807, 2.05) is 30.3 Å². The van der Waals surface area contributed by atoms with Gasteiger partial charge < -0.3 is 10.6 Å². The molecule has 3 aromatic rings. The van der Waals surface area contributed by atoms with Crippen LogP contribution in [-0.2, 0) is 16.0 Å². The summed E-state index contributed by atoms with van der Waals surface area (Å²) in [5, 5.41) is 6.07. The van der Waals surface area contributed by atoms with Crippen LogP contribution in [0, 0.1) is 5.82 Å². The van der Waals surface area contributed by atoms with E-state index >= 15 is 0 Å². The number of aromatic nitrogens is 1. The Bertz CT molecular complexity index is 1040. The molecule has 0 radical (unpaired) electrons. The molecule has 2 N–H and O–H groups in total. The maximum absolute atomic E-state index is 13.8. The first-order valence-corrected chi connectivity index (χ1v) is 9.97. The predicted octanol–water partition coefficient (Wildman–Crippen LogP) is 3.16. The molecule has 4 rings (SSSR count). The summed E-state index contributed by atoms with van der Waals surface area (Å²) in [5.74, 6) is -0.0294. The van der Waals surface area contributed by atoms with E-state index < -0.39 is 11.3 Å². The zero-order valence-corrected chi connectivity index (χ0v) is 15.7. The molecule has 0 unspecified atom stereocenters. The zero-order chi connectivity index (χ0) is 19.5. The van der Waals surface area contributed by atoms with Gasteiger partial charge in [0.05, 0.1) is 10.8 Å². The molecule has 1 aliphatic heterocycles. The maximum atomic E-state index is 13.8. The molecule has 2 aromatic carbocycles. The van der Waals surface area contributed by atoms with Crippen molar-refractivity contribution in [2.75, 3.05) is 11.1 Å². The van der Waals surface area contributed by atoms with Gasteiger partial charge >= 0.3 is 0 Å². The summed E-state index contributed by atoms with van der Waals surface area (Å²) < 4.78 is 13.8. The quantitative estimate of drug-likeness (QED) is 0.712. The van der Waals surface area contributed by atoms with E-state index in [2.05, 4.69) is 15.6 Å². The van der Waals surface area contributed by atoms with Gasteiger partial charge in [0, 0.05) is 11.1 Å². The highest BCUT2D eigenvalue weighted by Gasteiger charge is 2.33. The summed E-state index contributed by atoms with van der Waals surface area (Å²) in [4.78, 5) is 29.3. The Labute approximate surface area is 165 Å². The third kappa shape index (κ3) is 3.99. The number of rotatable bonds is 4. The van der Waals surface area contributed by atoms with Crippen molar-refractivity contribution in [2.24, 2.45) is 0 Å². The highest BCUT2D eigenvalue weighted by atomic mass is 32.2. The van der Waals surface area contributed by atoms with Crippen LogP contribution >= 0.6 is 11.8 Å². The number of anilines is 1. The number of fused-ring (bicyclic) bond motifs is 1. The molecule has 2 amide bonds. The van der Waals surface area contributed by atoms with E-state index in [1.165, 1.54) is 17.8 Å². The second kappa shape index (κ2) is 7.98. The van der Waals surface area contributed by atoms with Gasteiger partial charge in [0.1, 0.15) is 17.7 Å². The molecule has 2 heterocycles. The lowest BCUT2D eigenvalue weighted by atomic mass is 10.1. The van der Waals surface area contributed by atoms with E-state index in [0.29, 0.717) is 23.6 Å². The molecule has 1 fully saturated rings. The smallest absolute Gasteiger partial charge is 0.248 e. The van der Waals surface area contributed by atoms with E-state index in [0.717, 1.165) is 10.9 Å². The van der Waals surface area contributed by atoms with Crippen LogP contribution in [0.5, 0.6) is 0 Å². The van der Waals surface area contributed by atoms with Crippen molar-refractivity contribution in [3.05, 3.63) is 72.0 Å². The van der Waals surface area contributed by atoms with Gasteiger partial charge in [-0.1, -0.05) is 36.4 Å². The topological polar surface area (TPSA) is 71.1 Å². The maximum Gasteiger partial charge on any atom is 0.248 e. The van der Waals surface area contributed by atoms with Crippen molar-refractivity contribution in [3.8, 4) is 0 Å². The van der Waals surface area contributed by atoms with Crippen LogP contribution in [0.25, 0.3) is 10.9 Å². The predicted molar refractivity (Wildman–Crippen MR) is 109 cm³/mol. The summed E-state index contributed by atoms with van der Waals surface area (Å²) in [6.45, 7) is 0. The first kappa shape index (κ1) is 18.4. The Morgan fingerprint density at radius 1 is 1.14 bits per heavy atom. The molecule has 1 saturated heterocycles. The Kier molecular flexibility index (Phi) is 5.25. The second-order valence-electron chi connectivity index (χ2n) is 6.56. The standard InChI is InChI=1S/C21H18FN3O2S/c22-15-7-3-1-6-14(15)11-18-21(27)24-17(12-28-18)20(26)25-19-10-9-13-5-2-4-8-16(13)23-19/h1-10,17-18H,11-12H2,(H,24,27)(H,23,25,26)/t17-,18+/m1/s1. The minimum Gasteiger partial charge on any atom is -0.343 e. The number of para-hydroxylation sites is 1. The first-order valence-electron chi connectivity index (χ1n) is 8.92. The van der Waals surface area contributed by atoms with Gasteiger partial charge in [-0.2, -0.15) is 0 Å². The Balaban J connectivity index is 1.38. The Hall–Kier alpha value is -2.93. The van der Waals surface area contributed by atoms with Gasteiger partial charge in [-0.25, -0.2) is 9.37 Å². The van der Waals surface area contributed by atoms with Crippen LogP contribution in [0.4, 0.5) is 10.2 Å². The van der Waals surface area contributed by atoms with Crippen LogP contribution in [0.15, 0.2) is 60.7 Å². The number of amides is 2. The van der Waals surface area contributed by atoms with Crippen LogP contribution in [0.1, 0.15) is 5.56 Å². The summed E-state index contributed by atoms with van der Waals surface area (Å²) in [6.07, 6.45) is 0.295. The lowest BCUT2D eigenvalue weighted by molar-refractivity contribution is -0.126. The minimum atomic E-state index is -0.650. The molecule has 28 heavy (non-hydrogen) atoms. The number of nitrogens with zero attached hydrogens (tertiary/aromatic N) is 1. The largest absolute Gasteiger partial charge is 0.343 e. The van der Waals surface area contributed by atoms with Crippen molar-refractivity contribution < 1.29 is 14.0 Å². The van der Waals surface area contributed by atoms with Gasteiger partial charge in [-0.3, -0.25) is 9.59 Å². The fourth-order valence-corrected chi connectivity index (χ4v) is 4.28. The number of carbonyl (C=O) groups is 2. The van der Waals surface area contributed by atoms with Gasteiger partial charge in [0.2, 0.25) is 11.8 Å². The average molecular weight is 395 g/mol. The number of hydrogen-bond donors (Lipinski definition) is 2. The van der Waals surface area contributed by atoms with Crippen LogP contribution in [-0.4, -0.2) is 33.8 Å². The van der Waals surface area contributed by atoms with Crippen molar-refractivity contribution in [1.82, 2.24) is 10.3 Å². The fraction of sp³-hybridized carbons (Fsp3) is 0.190. The molecule has 142 valence electrons. The SMILES string of the molecule is O=C1N[C@@H](C(=O)Nc2ccc3ccccc3n2)CS[C@H]1Cc1ccccc1F. The summed E-state index contributed by atoms with van der Waals surface area (Å²) in [7, 11) is 0. The van der Waals surface area contributed by atoms with Crippen molar-refractivity contribution in [3.63, 3.8) is 0 Å². The van der Waals surface area contributed by atoms with Gasteiger partial charge in [-0.05, 0) is 36.2 Å². The molecular weight excluding hydrogens is 377 g/mol. The highest BCUT2D eigenvalue weighted by molar-refractivity contribution is 8.00. The molecule has 2 atom stereocenters. The third-order valence-electron chi connectivity index (χ3n) is 4.60. The minimum absolute atomic E-state index is 0.258. The lowest BCUT2D eigenvalue weighted by Crippen LogP contribution is -2.52. The van der Waals surface area contributed by atoms with E-state index in [-0.39, 0.29) is 17.6 Å². The molecule has 1 aliphatic rings. The molecule has 7 heteroatoms.